The molecule has 0 aromatic heterocycles. The SMILES string of the molecule is OC1CCC(N2C(O)c3ccccc3C2O)C(O)N1. The third kappa shape index (κ3) is 2.06. The zero-order chi connectivity index (χ0) is 13.6. The molecule has 1 aromatic carbocycles. The van der Waals surface area contributed by atoms with Gasteiger partial charge in [0.25, 0.3) is 0 Å². The van der Waals surface area contributed by atoms with Crippen molar-refractivity contribution in [2.75, 3.05) is 0 Å². The summed E-state index contributed by atoms with van der Waals surface area (Å²) >= 11 is 0. The Morgan fingerprint density at radius 2 is 1.53 bits per heavy atom. The van der Waals surface area contributed by atoms with E-state index < -0.39 is 31.0 Å². The predicted molar refractivity (Wildman–Crippen MR) is 66.4 cm³/mol. The number of benzene rings is 1. The Balaban J connectivity index is 1.87. The van der Waals surface area contributed by atoms with Gasteiger partial charge in [0.2, 0.25) is 0 Å². The number of hydrogen-bond acceptors (Lipinski definition) is 6. The molecule has 3 rings (SSSR count). The fourth-order valence-electron chi connectivity index (χ4n) is 2.99. The fraction of sp³-hybridized carbons (Fsp3) is 0.538. The molecule has 5 atom stereocenters. The number of aliphatic hydroxyl groups excluding tert-OH is 4. The first-order valence-electron chi connectivity index (χ1n) is 6.44. The van der Waals surface area contributed by atoms with E-state index in [0.717, 1.165) is 0 Å². The molecule has 0 amide bonds. The van der Waals surface area contributed by atoms with Crippen LogP contribution in [0.2, 0.25) is 0 Å². The van der Waals surface area contributed by atoms with Crippen molar-refractivity contribution in [3.05, 3.63) is 35.4 Å². The van der Waals surface area contributed by atoms with E-state index in [2.05, 4.69) is 5.32 Å². The Kier molecular flexibility index (Phi) is 3.30. The van der Waals surface area contributed by atoms with Crippen molar-refractivity contribution in [1.29, 1.82) is 0 Å². The smallest absolute Gasteiger partial charge is 0.136 e. The second kappa shape index (κ2) is 4.82. The topological polar surface area (TPSA) is 96.2 Å². The highest BCUT2D eigenvalue weighted by Gasteiger charge is 2.44. The van der Waals surface area contributed by atoms with Crippen LogP contribution >= 0.6 is 0 Å². The first-order chi connectivity index (χ1) is 9.09. The van der Waals surface area contributed by atoms with Gasteiger partial charge in [-0.25, -0.2) is 4.90 Å². The third-order valence-electron chi connectivity index (χ3n) is 3.96. The largest absolute Gasteiger partial charge is 0.379 e. The molecular weight excluding hydrogens is 248 g/mol. The molecule has 2 aliphatic rings. The molecule has 0 aliphatic carbocycles. The first-order valence-corrected chi connectivity index (χ1v) is 6.44. The lowest BCUT2D eigenvalue weighted by molar-refractivity contribution is -0.159. The maximum absolute atomic E-state index is 10.3. The van der Waals surface area contributed by atoms with Crippen LogP contribution in [-0.4, -0.2) is 43.8 Å². The van der Waals surface area contributed by atoms with Crippen molar-refractivity contribution in [3.8, 4) is 0 Å². The predicted octanol–water partition coefficient (Wildman–Crippen LogP) is -0.627. The Morgan fingerprint density at radius 1 is 0.947 bits per heavy atom. The van der Waals surface area contributed by atoms with Crippen molar-refractivity contribution in [1.82, 2.24) is 10.2 Å². The number of nitrogens with one attached hydrogen (secondary N) is 1. The second-order valence-electron chi connectivity index (χ2n) is 5.10. The van der Waals surface area contributed by atoms with Gasteiger partial charge < -0.3 is 20.4 Å². The van der Waals surface area contributed by atoms with Crippen LogP contribution in [0.1, 0.15) is 36.4 Å². The molecule has 1 saturated heterocycles. The molecule has 0 bridgehead atoms. The lowest BCUT2D eigenvalue weighted by Gasteiger charge is -2.40. The van der Waals surface area contributed by atoms with E-state index in [1.807, 2.05) is 0 Å². The van der Waals surface area contributed by atoms with Gasteiger partial charge in [-0.2, -0.15) is 0 Å². The minimum Gasteiger partial charge on any atom is -0.379 e. The zero-order valence-corrected chi connectivity index (χ0v) is 10.3. The van der Waals surface area contributed by atoms with E-state index in [9.17, 15) is 20.4 Å². The minimum atomic E-state index is -0.984. The molecule has 2 aliphatic heterocycles. The van der Waals surface area contributed by atoms with Gasteiger partial charge >= 0.3 is 0 Å². The van der Waals surface area contributed by atoms with Crippen LogP contribution in [0, 0.1) is 0 Å². The van der Waals surface area contributed by atoms with E-state index in [0.29, 0.717) is 24.0 Å². The van der Waals surface area contributed by atoms with Crippen molar-refractivity contribution in [2.45, 2.75) is 43.8 Å². The van der Waals surface area contributed by atoms with Gasteiger partial charge in [0.05, 0.1) is 6.04 Å². The van der Waals surface area contributed by atoms with Crippen LogP contribution in [0.25, 0.3) is 0 Å². The highest BCUT2D eigenvalue weighted by molar-refractivity contribution is 5.34. The Labute approximate surface area is 110 Å². The van der Waals surface area contributed by atoms with Crippen molar-refractivity contribution >= 4 is 0 Å². The van der Waals surface area contributed by atoms with Crippen molar-refractivity contribution in [2.24, 2.45) is 0 Å². The van der Waals surface area contributed by atoms with Crippen molar-refractivity contribution in [3.63, 3.8) is 0 Å². The summed E-state index contributed by atoms with van der Waals surface area (Å²) in [5.41, 5.74) is 1.32. The average Bonchev–Trinajstić information content (AvgIpc) is 2.64. The molecule has 1 aromatic rings. The number of rotatable bonds is 1. The highest BCUT2D eigenvalue weighted by Crippen LogP contribution is 2.42. The Morgan fingerprint density at radius 3 is 2.05 bits per heavy atom. The van der Waals surface area contributed by atoms with Gasteiger partial charge in [0.15, 0.2) is 0 Å². The van der Waals surface area contributed by atoms with Gasteiger partial charge in [0, 0.05) is 11.1 Å². The summed E-state index contributed by atoms with van der Waals surface area (Å²) in [4.78, 5) is 1.48. The number of hydrogen-bond donors (Lipinski definition) is 5. The molecule has 0 radical (unpaired) electrons. The van der Waals surface area contributed by atoms with Crippen LogP contribution in [0.5, 0.6) is 0 Å². The minimum absolute atomic E-state index is 0.444. The quantitative estimate of drug-likeness (QED) is 0.464. The molecule has 5 unspecified atom stereocenters. The fourth-order valence-corrected chi connectivity index (χ4v) is 2.99. The summed E-state index contributed by atoms with van der Waals surface area (Å²) in [6, 6.07) is 6.69. The molecule has 0 saturated carbocycles. The number of aliphatic hydroxyl groups is 4. The standard InChI is InChI=1S/C13H18N2O4/c16-10-6-5-9(11(17)14-10)15-12(18)7-3-1-2-4-8(7)13(15)19/h1-4,9-14,16-19H,5-6H2. The van der Waals surface area contributed by atoms with Gasteiger partial charge in [-0.15, -0.1) is 0 Å². The summed E-state index contributed by atoms with van der Waals surface area (Å²) in [5.74, 6) is 0. The van der Waals surface area contributed by atoms with Crippen LogP contribution < -0.4 is 5.32 Å². The van der Waals surface area contributed by atoms with E-state index in [4.69, 9.17) is 0 Å². The Hall–Kier alpha value is -1.02. The zero-order valence-electron chi connectivity index (χ0n) is 10.3. The molecule has 104 valence electrons. The molecule has 6 nitrogen and oxygen atoms in total. The van der Waals surface area contributed by atoms with E-state index in [1.165, 1.54) is 4.90 Å². The van der Waals surface area contributed by atoms with E-state index >= 15 is 0 Å². The van der Waals surface area contributed by atoms with Crippen LogP contribution in [0.3, 0.4) is 0 Å². The van der Waals surface area contributed by atoms with Gasteiger partial charge in [-0.05, 0) is 12.8 Å². The van der Waals surface area contributed by atoms with Gasteiger partial charge in [-0.3, -0.25) is 5.32 Å². The summed E-state index contributed by atoms with van der Waals surface area (Å²) < 4.78 is 0. The lowest BCUT2D eigenvalue weighted by atomic mass is 10.0. The molecular formula is C13H18N2O4. The molecule has 19 heavy (non-hydrogen) atoms. The maximum Gasteiger partial charge on any atom is 0.136 e. The number of nitrogens with zero attached hydrogens (tertiary/aromatic N) is 1. The summed E-state index contributed by atoms with van der Waals surface area (Å²) in [6.45, 7) is 0. The third-order valence-corrected chi connectivity index (χ3v) is 3.96. The molecule has 5 N–H and O–H groups in total. The van der Waals surface area contributed by atoms with E-state index in [-0.39, 0.29) is 0 Å². The van der Waals surface area contributed by atoms with Gasteiger partial charge in [0.1, 0.15) is 24.9 Å². The molecule has 0 spiro atoms. The Bertz CT molecular complexity index is 441. The molecule has 2 heterocycles. The summed E-state index contributed by atoms with van der Waals surface area (Å²) in [5, 5.41) is 42.7. The van der Waals surface area contributed by atoms with Gasteiger partial charge in [-0.1, -0.05) is 24.3 Å². The number of fused-ring (bicyclic) bond motifs is 1. The number of piperidine rings is 1. The van der Waals surface area contributed by atoms with Crippen molar-refractivity contribution < 1.29 is 20.4 Å². The van der Waals surface area contributed by atoms with Crippen LogP contribution in [-0.2, 0) is 0 Å². The normalized spacial score (nSPS) is 39.3. The van der Waals surface area contributed by atoms with Crippen LogP contribution in [0.4, 0.5) is 0 Å². The van der Waals surface area contributed by atoms with Crippen LogP contribution in [0.15, 0.2) is 24.3 Å². The first kappa shape index (κ1) is 13.0. The summed E-state index contributed by atoms with van der Waals surface area (Å²) in [6.07, 6.45) is -2.65. The lowest BCUT2D eigenvalue weighted by Crippen LogP contribution is -2.57. The average molecular weight is 266 g/mol. The highest BCUT2D eigenvalue weighted by atomic mass is 16.3. The second-order valence-corrected chi connectivity index (χ2v) is 5.10. The summed E-state index contributed by atoms with van der Waals surface area (Å²) in [7, 11) is 0. The monoisotopic (exact) mass is 266 g/mol. The molecule has 1 fully saturated rings. The molecule has 6 heteroatoms. The maximum atomic E-state index is 10.3. The van der Waals surface area contributed by atoms with E-state index in [1.54, 1.807) is 24.3 Å².